The van der Waals surface area contributed by atoms with Crippen LogP contribution in [-0.2, 0) is 14.6 Å². The Morgan fingerprint density at radius 3 is 1.97 bits per heavy atom. The fourth-order valence-corrected chi connectivity index (χ4v) is 5.93. The molecule has 2 aromatic rings. The van der Waals surface area contributed by atoms with Crippen LogP contribution >= 0.6 is 0 Å². The minimum Gasteiger partial charge on any atom is -0.389 e. The number of rotatable bonds is 11. The lowest BCUT2D eigenvalue weighted by atomic mass is 9.97. The molecular weight excluding hydrogens is 531 g/mol. The molecule has 11 heteroatoms. The van der Waals surface area contributed by atoms with Crippen molar-refractivity contribution < 1.29 is 31.5 Å². The third-order valence-electron chi connectivity index (χ3n) is 6.38. The number of nitrogens with zero attached hydrogens (tertiary/aromatic N) is 1. The van der Waals surface area contributed by atoms with Crippen LogP contribution in [0.1, 0.15) is 58.6 Å². The predicted molar refractivity (Wildman–Crippen MR) is 141 cm³/mol. The first-order valence-corrected chi connectivity index (χ1v) is 14.3. The molecule has 0 aliphatic heterocycles. The molecule has 1 aliphatic carbocycles. The fraction of sp³-hybridized carbons (Fsp3) is 0.500. The van der Waals surface area contributed by atoms with Crippen molar-refractivity contribution in [3.63, 3.8) is 0 Å². The standard InChI is InChI=1S/C28H34F3N3O4S/c1-18(2)15-23(25(35)34-27(16-32)13-14-27)33-24(28(29,30)31)21-7-5-19(6-8-21)20-9-11-22(12-10-20)39(37,38)17-26(3,4)36/h5-12,18,23-24,33,36H,13-15,17H2,1-4H3,(H,34,35)/t23-,24-/m0/s1. The van der Waals surface area contributed by atoms with Gasteiger partial charge in [0.1, 0.15) is 11.6 Å². The van der Waals surface area contributed by atoms with Crippen molar-refractivity contribution in [2.45, 2.75) is 81.3 Å². The first kappa shape index (κ1) is 30.6. The molecule has 3 N–H and O–H groups in total. The van der Waals surface area contributed by atoms with Crippen LogP contribution in [0, 0.1) is 17.2 Å². The van der Waals surface area contributed by atoms with Crippen molar-refractivity contribution in [1.82, 2.24) is 10.6 Å². The molecule has 0 unspecified atom stereocenters. The lowest BCUT2D eigenvalue weighted by molar-refractivity contribution is -0.161. The Kier molecular flexibility index (Phi) is 8.85. The van der Waals surface area contributed by atoms with E-state index in [4.69, 9.17) is 0 Å². The van der Waals surface area contributed by atoms with Crippen LogP contribution in [0.3, 0.4) is 0 Å². The Morgan fingerprint density at radius 1 is 1.05 bits per heavy atom. The zero-order valence-electron chi connectivity index (χ0n) is 22.3. The van der Waals surface area contributed by atoms with Crippen LogP contribution in [0.4, 0.5) is 13.2 Å². The summed E-state index contributed by atoms with van der Waals surface area (Å²) >= 11 is 0. The summed E-state index contributed by atoms with van der Waals surface area (Å²) in [6, 6.07) is 10.3. The van der Waals surface area contributed by atoms with Gasteiger partial charge in [0.2, 0.25) is 5.91 Å². The Labute approximate surface area is 227 Å². The van der Waals surface area contributed by atoms with Crippen molar-refractivity contribution in [1.29, 1.82) is 5.26 Å². The van der Waals surface area contributed by atoms with E-state index in [9.17, 15) is 36.8 Å². The number of amides is 1. The first-order valence-electron chi connectivity index (χ1n) is 12.7. The molecule has 3 rings (SSSR count). The highest BCUT2D eigenvalue weighted by Crippen LogP contribution is 2.36. The number of nitrogens with one attached hydrogen (secondary N) is 2. The Morgan fingerprint density at radius 2 is 1.56 bits per heavy atom. The Bertz CT molecular complexity index is 1310. The van der Waals surface area contributed by atoms with Crippen molar-refractivity contribution >= 4 is 15.7 Å². The van der Waals surface area contributed by atoms with E-state index in [1.165, 1.54) is 50.2 Å². The molecular formula is C28H34F3N3O4S. The molecule has 0 heterocycles. The number of benzene rings is 2. The van der Waals surface area contributed by atoms with Gasteiger partial charge in [-0.1, -0.05) is 50.2 Å². The highest BCUT2D eigenvalue weighted by Gasteiger charge is 2.47. The molecule has 0 radical (unpaired) electrons. The summed E-state index contributed by atoms with van der Waals surface area (Å²) in [5.41, 5.74) is -1.30. The van der Waals surface area contributed by atoms with E-state index in [-0.39, 0.29) is 22.8 Å². The number of alkyl halides is 3. The average Bonchev–Trinajstić information content (AvgIpc) is 3.59. The topological polar surface area (TPSA) is 119 Å². The molecule has 1 aliphatic rings. The highest BCUT2D eigenvalue weighted by atomic mass is 32.2. The van der Waals surface area contributed by atoms with E-state index >= 15 is 0 Å². The number of hydrogen-bond donors (Lipinski definition) is 3. The van der Waals surface area contributed by atoms with Crippen LogP contribution in [0.15, 0.2) is 53.4 Å². The van der Waals surface area contributed by atoms with Gasteiger partial charge in [-0.25, -0.2) is 8.42 Å². The van der Waals surface area contributed by atoms with Crippen LogP contribution in [0.2, 0.25) is 0 Å². The number of hydrogen-bond acceptors (Lipinski definition) is 6. The summed E-state index contributed by atoms with van der Waals surface area (Å²) in [5.74, 6) is -1.15. The van der Waals surface area contributed by atoms with Gasteiger partial charge in [0.05, 0.1) is 28.4 Å². The fourth-order valence-electron chi connectivity index (χ4n) is 4.29. The van der Waals surface area contributed by atoms with Crippen LogP contribution in [0.5, 0.6) is 0 Å². The third-order valence-corrected chi connectivity index (χ3v) is 8.46. The highest BCUT2D eigenvalue weighted by molar-refractivity contribution is 7.91. The lowest BCUT2D eigenvalue weighted by Crippen LogP contribution is -2.52. The summed E-state index contributed by atoms with van der Waals surface area (Å²) in [7, 11) is -3.72. The van der Waals surface area contributed by atoms with Gasteiger partial charge < -0.3 is 10.4 Å². The van der Waals surface area contributed by atoms with Gasteiger partial charge in [0.25, 0.3) is 0 Å². The molecule has 39 heavy (non-hydrogen) atoms. The third kappa shape index (κ3) is 8.27. The summed E-state index contributed by atoms with van der Waals surface area (Å²) in [4.78, 5) is 12.9. The minimum absolute atomic E-state index is 0.0326. The van der Waals surface area contributed by atoms with Crippen LogP contribution in [0.25, 0.3) is 11.1 Å². The molecule has 0 saturated heterocycles. The summed E-state index contributed by atoms with van der Waals surface area (Å²) in [6.07, 6.45) is -3.60. The van der Waals surface area contributed by atoms with Gasteiger partial charge in [-0.3, -0.25) is 10.1 Å². The molecule has 7 nitrogen and oxygen atoms in total. The van der Waals surface area contributed by atoms with Crippen molar-refractivity contribution in [2.75, 3.05) is 5.75 Å². The van der Waals surface area contributed by atoms with Crippen molar-refractivity contribution in [3.05, 3.63) is 54.1 Å². The largest absolute Gasteiger partial charge is 0.407 e. The molecule has 1 fully saturated rings. The van der Waals surface area contributed by atoms with Crippen LogP contribution in [-0.4, -0.2) is 48.5 Å². The molecule has 0 aromatic heterocycles. The van der Waals surface area contributed by atoms with Crippen molar-refractivity contribution in [2.24, 2.45) is 5.92 Å². The van der Waals surface area contributed by atoms with E-state index in [2.05, 4.69) is 10.6 Å². The molecule has 2 atom stereocenters. The Hall–Kier alpha value is -2.94. The normalized spacial score (nSPS) is 16.8. The summed E-state index contributed by atoms with van der Waals surface area (Å²) in [5, 5.41) is 24.2. The molecule has 212 valence electrons. The van der Waals surface area contributed by atoms with Crippen molar-refractivity contribution in [3.8, 4) is 17.2 Å². The summed E-state index contributed by atoms with van der Waals surface area (Å²) in [6.45, 7) is 6.41. The average molecular weight is 566 g/mol. The van der Waals surface area contributed by atoms with E-state index < -0.39 is 50.9 Å². The second-order valence-electron chi connectivity index (χ2n) is 11.2. The van der Waals surface area contributed by atoms with E-state index in [1.54, 1.807) is 26.0 Å². The zero-order valence-corrected chi connectivity index (χ0v) is 23.2. The van der Waals surface area contributed by atoms with Gasteiger partial charge in [-0.15, -0.1) is 0 Å². The van der Waals surface area contributed by atoms with Gasteiger partial charge in [-0.05, 0) is 67.9 Å². The number of sulfone groups is 1. The van der Waals surface area contributed by atoms with E-state index in [1.807, 2.05) is 6.07 Å². The van der Waals surface area contributed by atoms with Crippen LogP contribution < -0.4 is 10.6 Å². The number of carbonyl (C=O) groups excluding carboxylic acids is 1. The molecule has 2 aromatic carbocycles. The second-order valence-corrected chi connectivity index (χ2v) is 13.2. The van der Waals surface area contributed by atoms with Gasteiger partial charge in [-0.2, -0.15) is 18.4 Å². The predicted octanol–water partition coefficient (Wildman–Crippen LogP) is 4.68. The maximum Gasteiger partial charge on any atom is 0.407 e. The number of nitriles is 1. The molecule has 1 saturated carbocycles. The maximum absolute atomic E-state index is 14.2. The number of halogens is 3. The minimum atomic E-state index is -4.69. The van der Waals surface area contributed by atoms with Gasteiger partial charge >= 0.3 is 6.18 Å². The second kappa shape index (κ2) is 11.3. The molecule has 0 spiro atoms. The molecule has 0 bridgehead atoms. The van der Waals surface area contributed by atoms with E-state index in [0.29, 0.717) is 24.0 Å². The lowest BCUT2D eigenvalue weighted by Gasteiger charge is -2.29. The number of carbonyl (C=O) groups is 1. The quantitative estimate of drug-likeness (QED) is 0.364. The summed E-state index contributed by atoms with van der Waals surface area (Å²) < 4.78 is 67.5. The first-order chi connectivity index (χ1) is 17.9. The van der Waals surface area contributed by atoms with Gasteiger partial charge in [0, 0.05) is 0 Å². The Balaban J connectivity index is 1.82. The monoisotopic (exact) mass is 565 g/mol. The number of aliphatic hydroxyl groups is 1. The zero-order chi connectivity index (χ0) is 29.2. The maximum atomic E-state index is 14.2. The van der Waals surface area contributed by atoms with Gasteiger partial charge in [0.15, 0.2) is 9.84 Å². The molecule has 1 amide bonds. The SMILES string of the molecule is CC(C)C[C@H](N[C@@H](c1ccc(-c2ccc(S(=O)(=O)CC(C)(C)O)cc2)cc1)C(F)(F)F)C(=O)NC1(C#N)CC1. The smallest absolute Gasteiger partial charge is 0.389 e. The van der Waals surface area contributed by atoms with E-state index in [0.717, 1.165) is 0 Å².